The van der Waals surface area contributed by atoms with Crippen LogP contribution in [0, 0.1) is 0 Å². The van der Waals surface area contributed by atoms with Crippen LogP contribution in [0.1, 0.15) is 96.8 Å². The molecule has 0 aliphatic rings. The first-order chi connectivity index (χ1) is 11.6. The van der Waals surface area contributed by atoms with Gasteiger partial charge >= 0.3 is 0 Å². The van der Waals surface area contributed by atoms with E-state index in [1.165, 1.54) is 64.2 Å². The monoisotopic (exact) mass is 362 g/mol. The molecule has 24 heavy (non-hydrogen) atoms. The lowest BCUT2D eigenvalue weighted by atomic mass is 10.0. The SMILES string of the molecule is CCCCCCCCCCCCCCCC(=O)PC(O)(CO)CO. The van der Waals surface area contributed by atoms with Gasteiger partial charge in [0, 0.05) is 6.42 Å². The fraction of sp³-hybridized carbons (Fsp3) is 0.947. The number of aliphatic hydroxyl groups excluding tert-OH is 2. The number of carbonyl (C=O) groups excluding carboxylic acids is 1. The zero-order valence-electron chi connectivity index (χ0n) is 15.6. The highest BCUT2D eigenvalue weighted by atomic mass is 31.1. The molecule has 0 spiro atoms. The average molecular weight is 362 g/mol. The van der Waals surface area contributed by atoms with Gasteiger partial charge in [-0.05, 0) is 15.0 Å². The van der Waals surface area contributed by atoms with E-state index in [1.807, 2.05) is 0 Å². The number of carbonyl (C=O) groups is 1. The Morgan fingerprint density at radius 2 is 1.12 bits per heavy atom. The lowest BCUT2D eigenvalue weighted by Gasteiger charge is -2.21. The number of hydrogen-bond donors (Lipinski definition) is 3. The molecular weight excluding hydrogens is 323 g/mol. The maximum absolute atomic E-state index is 11.7. The van der Waals surface area contributed by atoms with E-state index < -0.39 is 27.1 Å². The second-order valence-electron chi connectivity index (χ2n) is 6.89. The molecule has 0 radical (unpaired) electrons. The second-order valence-corrected chi connectivity index (χ2v) is 8.63. The highest BCUT2D eigenvalue weighted by Crippen LogP contribution is 2.31. The first-order valence-corrected chi connectivity index (χ1v) is 10.8. The molecule has 0 aliphatic heterocycles. The highest BCUT2D eigenvalue weighted by molar-refractivity contribution is 7.59. The summed E-state index contributed by atoms with van der Waals surface area (Å²) in [6, 6.07) is 0. The Morgan fingerprint density at radius 1 is 0.750 bits per heavy atom. The minimum atomic E-state index is -1.62. The van der Waals surface area contributed by atoms with E-state index in [0.717, 1.165) is 19.3 Å². The van der Waals surface area contributed by atoms with E-state index in [9.17, 15) is 9.90 Å². The Kier molecular flexibility index (Phi) is 16.4. The first kappa shape index (κ1) is 24.0. The van der Waals surface area contributed by atoms with Gasteiger partial charge in [0.05, 0.1) is 13.2 Å². The standard InChI is InChI=1S/C19H39O4P/c1-2-3-4-5-6-7-8-9-10-11-12-13-14-15-18(22)24-19(23,16-20)17-21/h20-21,23-24H,2-17H2,1H3. The minimum Gasteiger partial charge on any atom is -0.393 e. The largest absolute Gasteiger partial charge is 0.393 e. The summed E-state index contributed by atoms with van der Waals surface area (Å²) >= 11 is 0. The highest BCUT2D eigenvalue weighted by Gasteiger charge is 2.27. The van der Waals surface area contributed by atoms with Crippen molar-refractivity contribution in [3.8, 4) is 0 Å². The van der Waals surface area contributed by atoms with Crippen LogP contribution in [0.3, 0.4) is 0 Å². The molecule has 0 heterocycles. The van der Waals surface area contributed by atoms with Crippen molar-refractivity contribution in [2.45, 2.75) is 102 Å². The second kappa shape index (κ2) is 16.4. The predicted octanol–water partition coefficient (Wildman–Crippen LogP) is 4.35. The Balaban J connectivity index is 3.32. The molecule has 0 saturated heterocycles. The van der Waals surface area contributed by atoms with Crippen LogP contribution in [0.2, 0.25) is 0 Å². The van der Waals surface area contributed by atoms with Crippen molar-refractivity contribution in [2.24, 2.45) is 0 Å². The molecule has 0 aromatic carbocycles. The molecule has 0 aromatic rings. The summed E-state index contributed by atoms with van der Waals surface area (Å²) in [6.45, 7) is 1.12. The van der Waals surface area contributed by atoms with Gasteiger partial charge in [0.15, 0.2) is 5.52 Å². The Labute approximate surface area is 150 Å². The summed E-state index contributed by atoms with van der Waals surface area (Å²) in [5, 5.41) is 26.0. The lowest BCUT2D eigenvalue weighted by Crippen LogP contribution is -2.33. The Bertz CT molecular complexity index is 293. The van der Waals surface area contributed by atoms with Crippen LogP contribution in [0.25, 0.3) is 0 Å². The topological polar surface area (TPSA) is 77.8 Å². The Morgan fingerprint density at radius 3 is 1.50 bits per heavy atom. The number of hydrogen-bond acceptors (Lipinski definition) is 4. The third-order valence-corrected chi connectivity index (χ3v) is 5.71. The van der Waals surface area contributed by atoms with E-state index >= 15 is 0 Å². The van der Waals surface area contributed by atoms with Gasteiger partial charge in [0.2, 0.25) is 0 Å². The van der Waals surface area contributed by atoms with Crippen molar-refractivity contribution in [1.29, 1.82) is 0 Å². The summed E-state index contributed by atoms with van der Waals surface area (Å²) in [7, 11) is -0.422. The van der Waals surface area contributed by atoms with Crippen molar-refractivity contribution >= 4 is 14.1 Å². The molecule has 0 aromatic heterocycles. The molecule has 0 rings (SSSR count). The Hall–Kier alpha value is -0.0200. The van der Waals surface area contributed by atoms with Gasteiger partial charge in [-0.1, -0.05) is 84.0 Å². The smallest absolute Gasteiger partial charge is 0.154 e. The fourth-order valence-electron chi connectivity index (χ4n) is 2.75. The molecule has 4 nitrogen and oxygen atoms in total. The van der Waals surface area contributed by atoms with E-state index in [4.69, 9.17) is 10.2 Å². The molecule has 0 amide bonds. The zero-order valence-corrected chi connectivity index (χ0v) is 16.6. The van der Waals surface area contributed by atoms with Crippen LogP contribution in [-0.4, -0.2) is 39.4 Å². The van der Waals surface area contributed by atoms with E-state index in [1.54, 1.807) is 0 Å². The lowest BCUT2D eigenvalue weighted by molar-refractivity contribution is -0.112. The number of aliphatic hydroxyl groups is 3. The van der Waals surface area contributed by atoms with Crippen LogP contribution in [0.5, 0.6) is 0 Å². The fourth-order valence-corrected chi connectivity index (χ4v) is 3.73. The number of unbranched alkanes of at least 4 members (excludes halogenated alkanes) is 12. The first-order valence-electron chi connectivity index (χ1n) is 9.83. The van der Waals surface area contributed by atoms with E-state index in [2.05, 4.69) is 6.92 Å². The van der Waals surface area contributed by atoms with Crippen molar-refractivity contribution in [3.63, 3.8) is 0 Å². The van der Waals surface area contributed by atoms with Crippen molar-refractivity contribution in [1.82, 2.24) is 0 Å². The van der Waals surface area contributed by atoms with Gasteiger partial charge < -0.3 is 15.3 Å². The van der Waals surface area contributed by atoms with Gasteiger partial charge in [0.1, 0.15) is 5.34 Å². The van der Waals surface area contributed by atoms with Gasteiger partial charge in [-0.25, -0.2) is 0 Å². The van der Waals surface area contributed by atoms with E-state index in [0.29, 0.717) is 6.42 Å². The van der Waals surface area contributed by atoms with Gasteiger partial charge in [-0.3, -0.25) is 4.79 Å². The summed E-state index contributed by atoms with van der Waals surface area (Å²) in [5.41, 5.74) is -0.0522. The molecule has 0 saturated carbocycles. The normalized spacial score (nSPS) is 12.3. The van der Waals surface area contributed by atoms with Gasteiger partial charge in [-0.15, -0.1) is 0 Å². The van der Waals surface area contributed by atoms with Crippen LogP contribution < -0.4 is 0 Å². The molecule has 5 heteroatoms. The third kappa shape index (κ3) is 14.3. The molecule has 0 aliphatic carbocycles. The van der Waals surface area contributed by atoms with Crippen molar-refractivity contribution < 1.29 is 20.1 Å². The molecular formula is C19H39O4P. The predicted molar refractivity (Wildman–Crippen MR) is 103 cm³/mol. The third-order valence-electron chi connectivity index (χ3n) is 4.40. The molecule has 144 valence electrons. The molecule has 0 bridgehead atoms. The van der Waals surface area contributed by atoms with Crippen LogP contribution in [0.4, 0.5) is 0 Å². The van der Waals surface area contributed by atoms with Crippen molar-refractivity contribution in [2.75, 3.05) is 13.2 Å². The minimum absolute atomic E-state index is 0.0522. The summed E-state index contributed by atoms with van der Waals surface area (Å²) < 4.78 is 0. The van der Waals surface area contributed by atoms with Crippen LogP contribution >= 0.6 is 8.58 Å². The van der Waals surface area contributed by atoms with Gasteiger partial charge in [0.25, 0.3) is 0 Å². The molecule has 1 atom stereocenters. The zero-order chi connectivity index (χ0) is 18.1. The summed E-state index contributed by atoms with van der Waals surface area (Å²) in [5.74, 6) is 0. The average Bonchev–Trinajstić information content (AvgIpc) is 2.58. The van der Waals surface area contributed by atoms with Gasteiger partial charge in [-0.2, -0.15) is 0 Å². The summed E-state index contributed by atoms with van der Waals surface area (Å²) in [4.78, 5) is 11.7. The molecule has 1 unspecified atom stereocenters. The van der Waals surface area contributed by atoms with Crippen molar-refractivity contribution in [3.05, 3.63) is 0 Å². The molecule has 0 fully saturated rings. The van der Waals surface area contributed by atoms with E-state index in [-0.39, 0.29) is 5.52 Å². The summed E-state index contributed by atoms with van der Waals surface area (Å²) in [6.07, 6.45) is 16.9. The number of rotatable bonds is 18. The maximum atomic E-state index is 11.7. The van der Waals surface area contributed by atoms with Crippen LogP contribution in [-0.2, 0) is 4.79 Å². The quantitative estimate of drug-likeness (QED) is 0.250. The van der Waals surface area contributed by atoms with Crippen LogP contribution in [0.15, 0.2) is 0 Å². The maximum Gasteiger partial charge on any atom is 0.154 e. The molecule has 3 N–H and O–H groups in total.